The highest BCUT2D eigenvalue weighted by molar-refractivity contribution is 14.1. The van der Waals surface area contributed by atoms with Gasteiger partial charge in [0.05, 0.1) is 0 Å². The molecule has 0 amide bonds. The predicted octanol–water partition coefficient (Wildman–Crippen LogP) is 3.34. The maximum Gasteiger partial charge on any atom is 0.432 e. The summed E-state index contributed by atoms with van der Waals surface area (Å²) < 4.78 is 100. The van der Waals surface area contributed by atoms with Crippen LogP contribution in [0.5, 0.6) is 5.75 Å². The molecule has 0 heterocycles. The molecule has 0 aromatic heterocycles. The van der Waals surface area contributed by atoms with Crippen molar-refractivity contribution in [2.45, 2.75) is 17.5 Å². The van der Waals surface area contributed by atoms with E-state index in [9.17, 15) is 34.9 Å². The smallest absolute Gasteiger partial charge is 0.432 e. The Bertz CT molecular complexity index is 611. The summed E-state index contributed by atoms with van der Waals surface area (Å²) in [5, 5.41) is -5.65. The number of rotatable bonds is 4. The van der Waals surface area contributed by atoms with E-state index in [1.807, 2.05) is 0 Å². The maximum absolute atomic E-state index is 13.2. The first kappa shape index (κ1) is 19.1. The zero-order valence-corrected chi connectivity index (χ0v) is 14.6. The Labute approximate surface area is 143 Å². The maximum atomic E-state index is 13.2. The van der Waals surface area contributed by atoms with Gasteiger partial charge in [-0.2, -0.15) is 22.0 Å². The zero-order valence-electron chi connectivity index (χ0n) is 9.50. The van der Waals surface area contributed by atoms with Gasteiger partial charge in [-0.15, -0.1) is 0 Å². The van der Waals surface area contributed by atoms with Crippen molar-refractivity contribution in [3.63, 3.8) is 0 Å². The first-order valence-electron chi connectivity index (χ1n) is 4.78. The van der Waals surface area contributed by atoms with Crippen molar-refractivity contribution < 1.29 is 39.7 Å². The fourth-order valence-corrected chi connectivity index (χ4v) is 3.51. The highest BCUT2D eigenvalue weighted by Crippen LogP contribution is 2.38. The molecule has 0 spiro atoms. The quantitative estimate of drug-likeness (QED) is 0.324. The summed E-state index contributed by atoms with van der Waals surface area (Å²) >= 11 is 3.40. The molecule has 1 unspecified atom stereocenters. The van der Waals surface area contributed by atoms with E-state index >= 15 is 0 Å². The average molecular weight is 557 g/mol. The molecule has 21 heavy (non-hydrogen) atoms. The van der Waals surface area contributed by atoms with Crippen LogP contribution in [0.15, 0.2) is 18.2 Å². The Morgan fingerprint density at radius 2 is 1.48 bits per heavy atom. The molecule has 0 radical (unpaired) electrons. The van der Waals surface area contributed by atoms with Gasteiger partial charge in [-0.25, -0.2) is 8.42 Å². The van der Waals surface area contributed by atoms with Gasteiger partial charge in [-0.1, -0.05) is 0 Å². The second-order valence-electron chi connectivity index (χ2n) is 3.66. The molecule has 0 saturated heterocycles. The van der Waals surface area contributed by atoms with Crippen LogP contribution >= 0.6 is 45.2 Å². The molecule has 0 aliphatic heterocycles. The molecular formula is C9H4F5I2O4S-. The fourth-order valence-electron chi connectivity index (χ4n) is 1.19. The van der Waals surface area contributed by atoms with Crippen LogP contribution in [0.2, 0.25) is 0 Å². The van der Waals surface area contributed by atoms with Crippen molar-refractivity contribution in [3.8, 4) is 5.75 Å². The summed E-state index contributed by atoms with van der Waals surface area (Å²) in [6.07, 6.45) is -9.85. The van der Waals surface area contributed by atoms with Gasteiger partial charge in [0.1, 0.15) is 5.75 Å². The van der Waals surface area contributed by atoms with Crippen molar-refractivity contribution in [2.75, 3.05) is 0 Å². The summed E-state index contributed by atoms with van der Waals surface area (Å²) in [6, 6.07) is 3.50. The third-order valence-corrected chi connectivity index (χ3v) is 4.15. The van der Waals surface area contributed by atoms with E-state index in [-0.39, 0.29) is 0 Å². The van der Waals surface area contributed by atoms with Crippen LogP contribution in [0.4, 0.5) is 22.0 Å². The molecule has 0 bridgehead atoms. The van der Waals surface area contributed by atoms with Crippen LogP contribution in [0.1, 0.15) is 0 Å². The van der Waals surface area contributed by atoms with Gasteiger partial charge in [0.2, 0.25) is 0 Å². The lowest BCUT2D eigenvalue weighted by atomic mass is 10.3. The molecule has 1 aromatic carbocycles. The molecule has 0 saturated carbocycles. The van der Waals surface area contributed by atoms with E-state index < -0.39 is 33.4 Å². The number of hydrogen-bond donors (Lipinski definition) is 0. The number of alkyl halides is 5. The van der Waals surface area contributed by atoms with Crippen molar-refractivity contribution in [1.82, 2.24) is 0 Å². The molecule has 1 aromatic rings. The standard InChI is InChI=1S/C9H5F5I2O4S/c10-8(11,12)7(9(13,14)21(17,18)19)20-6-2-4(15)1-5(16)3-6/h1-3,7H,(H,17,18,19)/p-1. The Balaban J connectivity index is 3.29. The van der Waals surface area contributed by atoms with Gasteiger partial charge < -0.3 is 9.29 Å². The summed E-state index contributed by atoms with van der Waals surface area (Å²) in [5.74, 6) is -0.628. The Kier molecular flexibility index (Phi) is 5.70. The monoisotopic (exact) mass is 557 g/mol. The molecule has 0 fully saturated rings. The van der Waals surface area contributed by atoms with Gasteiger partial charge in [-0.05, 0) is 63.4 Å². The van der Waals surface area contributed by atoms with E-state index in [0.717, 1.165) is 12.1 Å². The summed E-state index contributed by atoms with van der Waals surface area (Å²) in [4.78, 5) is 0. The SMILES string of the molecule is O=S(=O)([O-])C(F)(F)C(Oc1cc(I)cc(I)c1)C(F)(F)F. The average Bonchev–Trinajstić information content (AvgIpc) is 2.21. The minimum absolute atomic E-state index is 0.378. The second-order valence-corrected chi connectivity index (χ2v) is 7.60. The number of halogens is 7. The highest BCUT2D eigenvalue weighted by atomic mass is 127. The molecule has 4 nitrogen and oxygen atoms in total. The second kappa shape index (κ2) is 6.27. The van der Waals surface area contributed by atoms with Crippen LogP contribution in [0.25, 0.3) is 0 Å². The lowest BCUT2D eigenvalue weighted by Crippen LogP contribution is -2.53. The minimum Gasteiger partial charge on any atom is -0.743 e. The Hall–Kier alpha value is 0.0400. The molecule has 1 atom stereocenters. The molecule has 120 valence electrons. The third kappa shape index (κ3) is 4.75. The van der Waals surface area contributed by atoms with Crippen molar-refractivity contribution >= 4 is 55.3 Å². The number of hydrogen-bond acceptors (Lipinski definition) is 4. The van der Waals surface area contributed by atoms with E-state index in [0.29, 0.717) is 7.14 Å². The summed E-state index contributed by atoms with van der Waals surface area (Å²) in [5.41, 5.74) is 0. The largest absolute Gasteiger partial charge is 0.743 e. The normalized spacial score (nSPS) is 14.9. The van der Waals surface area contributed by atoms with Crippen molar-refractivity contribution in [3.05, 3.63) is 25.3 Å². The molecular weight excluding hydrogens is 553 g/mol. The lowest BCUT2D eigenvalue weighted by molar-refractivity contribution is -0.239. The van der Waals surface area contributed by atoms with Gasteiger partial charge in [0.15, 0.2) is 10.1 Å². The summed E-state index contributed by atoms with van der Waals surface area (Å²) in [6.45, 7) is 0. The molecule has 0 aliphatic rings. The van der Waals surface area contributed by atoms with E-state index in [1.54, 1.807) is 45.2 Å². The molecule has 12 heteroatoms. The van der Waals surface area contributed by atoms with E-state index in [2.05, 4.69) is 4.74 Å². The van der Waals surface area contributed by atoms with Crippen LogP contribution in [0, 0.1) is 7.14 Å². The Morgan fingerprint density at radius 1 is 1.05 bits per heavy atom. The van der Waals surface area contributed by atoms with Crippen molar-refractivity contribution in [2.24, 2.45) is 0 Å². The van der Waals surface area contributed by atoms with Crippen LogP contribution in [-0.2, 0) is 10.1 Å². The van der Waals surface area contributed by atoms with Gasteiger partial charge in [-0.3, -0.25) is 0 Å². The van der Waals surface area contributed by atoms with Gasteiger partial charge in [0, 0.05) is 7.14 Å². The van der Waals surface area contributed by atoms with Crippen LogP contribution < -0.4 is 4.74 Å². The molecule has 1 rings (SSSR count). The fraction of sp³-hybridized carbons (Fsp3) is 0.333. The molecule has 0 aliphatic carbocycles. The van der Waals surface area contributed by atoms with Crippen molar-refractivity contribution in [1.29, 1.82) is 0 Å². The van der Waals surface area contributed by atoms with Gasteiger partial charge >= 0.3 is 11.4 Å². The minimum atomic E-state index is -6.56. The predicted molar refractivity (Wildman–Crippen MR) is 77.0 cm³/mol. The highest BCUT2D eigenvalue weighted by Gasteiger charge is 2.62. The first-order valence-corrected chi connectivity index (χ1v) is 8.34. The topological polar surface area (TPSA) is 66.4 Å². The zero-order chi connectivity index (χ0) is 16.6. The Morgan fingerprint density at radius 3 is 1.81 bits per heavy atom. The first-order chi connectivity index (χ1) is 9.25. The van der Waals surface area contributed by atoms with Gasteiger partial charge in [0.25, 0.3) is 6.10 Å². The van der Waals surface area contributed by atoms with E-state index in [1.165, 1.54) is 6.07 Å². The van der Waals surface area contributed by atoms with Crippen LogP contribution in [0.3, 0.4) is 0 Å². The van der Waals surface area contributed by atoms with E-state index in [4.69, 9.17) is 0 Å². The lowest BCUT2D eigenvalue weighted by Gasteiger charge is -2.30. The number of benzene rings is 1. The number of ether oxygens (including phenoxy) is 1. The van der Waals surface area contributed by atoms with Crippen LogP contribution in [-0.4, -0.2) is 30.5 Å². The third-order valence-electron chi connectivity index (χ3n) is 2.03. The molecule has 0 N–H and O–H groups in total. The summed E-state index contributed by atoms with van der Waals surface area (Å²) in [7, 11) is -6.56.